The summed E-state index contributed by atoms with van der Waals surface area (Å²) in [5, 5.41) is 27.9. The first-order valence-electron chi connectivity index (χ1n) is 7.34. The summed E-state index contributed by atoms with van der Waals surface area (Å²) >= 11 is 0. The Labute approximate surface area is 142 Å². The highest BCUT2D eigenvalue weighted by Crippen LogP contribution is 2.33. The van der Waals surface area contributed by atoms with E-state index in [-0.39, 0.29) is 17.0 Å². The van der Waals surface area contributed by atoms with Crippen LogP contribution < -0.4 is 15.9 Å². The van der Waals surface area contributed by atoms with E-state index < -0.39 is 13.7 Å². The number of anilines is 1. The molecule has 4 N–H and O–H groups in total. The molecule has 3 aromatic rings. The Morgan fingerprint density at radius 2 is 1.84 bits per heavy atom. The molecule has 0 spiro atoms. The van der Waals surface area contributed by atoms with Crippen molar-refractivity contribution >= 4 is 29.2 Å². The highest BCUT2D eigenvalue weighted by Gasteiger charge is 2.18. The maximum absolute atomic E-state index is 12.7. The van der Waals surface area contributed by atoms with E-state index >= 15 is 0 Å². The molecular formula is C16H14BF2N3O3. The molecule has 0 bridgehead atoms. The van der Waals surface area contributed by atoms with Gasteiger partial charge in [0.1, 0.15) is 5.75 Å². The molecule has 2 aromatic carbocycles. The van der Waals surface area contributed by atoms with Crippen molar-refractivity contribution in [3.63, 3.8) is 0 Å². The van der Waals surface area contributed by atoms with Gasteiger partial charge in [-0.2, -0.15) is 13.9 Å². The van der Waals surface area contributed by atoms with Crippen LogP contribution >= 0.6 is 0 Å². The van der Waals surface area contributed by atoms with E-state index in [0.717, 1.165) is 0 Å². The van der Waals surface area contributed by atoms with Crippen LogP contribution in [0.1, 0.15) is 5.69 Å². The monoisotopic (exact) mass is 345 g/mol. The standard InChI is InChI=1S/C16H14BF2N3O3/c1-8-12-6-9(2-4-11(12)15(20)22-21-8)13-7-10(17(23)24)3-5-14(13)25-16(18)19/h2-7,16,23-24H,1H3,(H2,20,22). The minimum Gasteiger partial charge on any atom is -0.434 e. The number of nitrogens with two attached hydrogens (primary N) is 1. The molecule has 0 aliphatic rings. The number of alkyl halides is 2. The van der Waals surface area contributed by atoms with Crippen molar-refractivity contribution in [2.24, 2.45) is 0 Å². The quantitative estimate of drug-likeness (QED) is 0.619. The predicted octanol–water partition coefficient (Wildman–Crippen LogP) is 1.47. The van der Waals surface area contributed by atoms with E-state index in [9.17, 15) is 18.8 Å². The lowest BCUT2D eigenvalue weighted by atomic mass is 9.79. The van der Waals surface area contributed by atoms with Crippen LogP contribution in [0.2, 0.25) is 0 Å². The number of nitrogen functional groups attached to an aromatic ring is 1. The molecule has 0 unspecified atom stereocenters. The van der Waals surface area contributed by atoms with Gasteiger partial charge in [0.05, 0.1) is 5.69 Å². The van der Waals surface area contributed by atoms with Crippen LogP contribution in [0.5, 0.6) is 5.75 Å². The molecule has 0 radical (unpaired) electrons. The maximum Gasteiger partial charge on any atom is 0.488 e. The molecule has 0 aliphatic heterocycles. The van der Waals surface area contributed by atoms with Gasteiger partial charge in [-0.05, 0) is 36.1 Å². The molecule has 6 nitrogen and oxygen atoms in total. The fourth-order valence-electron chi connectivity index (χ4n) is 2.60. The minimum atomic E-state index is -3.01. The van der Waals surface area contributed by atoms with Crippen LogP contribution in [0.15, 0.2) is 36.4 Å². The highest BCUT2D eigenvalue weighted by molar-refractivity contribution is 6.58. The fourth-order valence-corrected chi connectivity index (χ4v) is 2.60. The lowest BCUT2D eigenvalue weighted by molar-refractivity contribution is -0.0494. The van der Waals surface area contributed by atoms with Gasteiger partial charge in [-0.15, -0.1) is 5.10 Å². The van der Waals surface area contributed by atoms with Gasteiger partial charge in [-0.25, -0.2) is 0 Å². The number of aromatic nitrogens is 2. The zero-order valence-electron chi connectivity index (χ0n) is 13.1. The van der Waals surface area contributed by atoms with Crippen LogP contribution in [0.4, 0.5) is 14.6 Å². The van der Waals surface area contributed by atoms with Crippen molar-refractivity contribution in [1.82, 2.24) is 10.2 Å². The number of fused-ring (bicyclic) bond motifs is 1. The number of rotatable bonds is 4. The van der Waals surface area contributed by atoms with Gasteiger partial charge >= 0.3 is 13.7 Å². The van der Waals surface area contributed by atoms with Gasteiger partial charge in [0.15, 0.2) is 5.82 Å². The summed E-state index contributed by atoms with van der Waals surface area (Å²) in [6, 6.07) is 9.05. The summed E-state index contributed by atoms with van der Waals surface area (Å²) in [7, 11) is -1.73. The largest absolute Gasteiger partial charge is 0.488 e. The fraction of sp³-hybridized carbons (Fsp3) is 0.125. The SMILES string of the molecule is Cc1nnc(N)c2ccc(-c3cc(B(O)O)ccc3OC(F)F)cc12. The molecule has 1 heterocycles. The van der Waals surface area contributed by atoms with E-state index in [0.29, 0.717) is 27.6 Å². The zero-order valence-corrected chi connectivity index (χ0v) is 13.1. The second kappa shape index (κ2) is 6.62. The zero-order chi connectivity index (χ0) is 18.1. The summed E-state index contributed by atoms with van der Waals surface area (Å²) in [5.41, 5.74) is 7.43. The summed E-state index contributed by atoms with van der Waals surface area (Å²) < 4.78 is 29.9. The Hall–Kier alpha value is -2.78. The number of hydrogen-bond donors (Lipinski definition) is 3. The van der Waals surface area contributed by atoms with Gasteiger partial charge in [-0.1, -0.05) is 18.2 Å². The molecule has 0 saturated carbocycles. The molecular weight excluding hydrogens is 331 g/mol. The maximum atomic E-state index is 12.7. The normalized spacial score (nSPS) is 11.1. The van der Waals surface area contributed by atoms with Crippen LogP contribution in [-0.4, -0.2) is 34.0 Å². The Morgan fingerprint density at radius 1 is 1.08 bits per heavy atom. The first kappa shape index (κ1) is 17.1. The number of halogens is 2. The van der Waals surface area contributed by atoms with Crippen LogP contribution in [-0.2, 0) is 0 Å². The molecule has 0 saturated heterocycles. The summed E-state index contributed by atoms with van der Waals surface area (Å²) in [5.74, 6) is 0.183. The number of ether oxygens (including phenoxy) is 1. The molecule has 25 heavy (non-hydrogen) atoms. The second-order valence-electron chi connectivity index (χ2n) is 5.44. The van der Waals surface area contributed by atoms with Crippen LogP contribution in [0, 0.1) is 6.92 Å². The van der Waals surface area contributed by atoms with Crippen molar-refractivity contribution in [3.05, 3.63) is 42.1 Å². The Balaban J connectivity index is 2.21. The minimum absolute atomic E-state index is 0.0774. The van der Waals surface area contributed by atoms with Crippen molar-refractivity contribution in [3.8, 4) is 16.9 Å². The highest BCUT2D eigenvalue weighted by atomic mass is 19.3. The molecule has 0 fully saturated rings. The molecule has 1 aromatic heterocycles. The molecule has 0 atom stereocenters. The smallest absolute Gasteiger partial charge is 0.434 e. The number of benzene rings is 2. The lowest BCUT2D eigenvalue weighted by Gasteiger charge is -2.14. The van der Waals surface area contributed by atoms with Crippen molar-refractivity contribution in [1.29, 1.82) is 0 Å². The van der Waals surface area contributed by atoms with Crippen LogP contribution in [0.3, 0.4) is 0 Å². The Bertz CT molecular complexity index is 938. The topological polar surface area (TPSA) is 101 Å². The van der Waals surface area contributed by atoms with Gasteiger partial charge in [0.25, 0.3) is 0 Å². The average molecular weight is 345 g/mol. The molecule has 9 heteroatoms. The van der Waals surface area contributed by atoms with E-state index in [1.54, 1.807) is 25.1 Å². The van der Waals surface area contributed by atoms with Crippen LogP contribution in [0.25, 0.3) is 21.9 Å². The first-order valence-corrected chi connectivity index (χ1v) is 7.34. The third kappa shape index (κ3) is 3.37. The van der Waals surface area contributed by atoms with E-state index in [1.807, 2.05) is 0 Å². The van der Waals surface area contributed by atoms with E-state index in [1.165, 1.54) is 18.2 Å². The molecule has 0 amide bonds. The molecule has 0 aliphatic carbocycles. The Morgan fingerprint density at radius 3 is 2.52 bits per heavy atom. The Kier molecular flexibility index (Phi) is 4.52. The van der Waals surface area contributed by atoms with Gasteiger partial charge < -0.3 is 20.5 Å². The first-order chi connectivity index (χ1) is 11.9. The lowest BCUT2D eigenvalue weighted by Crippen LogP contribution is -2.29. The molecule has 3 rings (SSSR count). The van der Waals surface area contributed by atoms with Gasteiger partial charge in [0, 0.05) is 16.3 Å². The third-order valence-corrected chi connectivity index (χ3v) is 3.82. The summed E-state index contributed by atoms with van der Waals surface area (Å²) in [6.07, 6.45) is 0. The predicted molar refractivity (Wildman–Crippen MR) is 90.6 cm³/mol. The number of nitrogens with zero attached hydrogens (tertiary/aromatic N) is 2. The van der Waals surface area contributed by atoms with E-state index in [4.69, 9.17) is 5.73 Å². The number of hydrogen-bond acceptors (Lipinski definition) is 6. The average Bonchev–Trinajstić information content (AvgIpc) is 2.57. The molecule has 128 valence electrons. The van der Waals surface area contributed by atoms with E-state index in [2.05, 4.69) is 14.9 Å². The second-order valence-corrected chi connectivity index (χ2v) is 5.44. The van der Waals surface area contributed by atoms with Crippen molar-refractivity contribution in [2.75, 3.05) is 5.73 Å². The summed E-state index contributed by atoms with van der Waals surface area (Å²) in [4.78, 5) is 0. The third-order valence-electron chi connectivity index (χ3n) is 3.82. The van der Waals surface area contributed by atoms with Gasteiger partial charge in [-0.3, -0.25) is 0 Å². The van der Waals surface area contributed by atoms with Crippen molar-refractivity contribution in [2.45, 2.75) is 13.5 Å². The summed E-state index contributed by atoms with van der Waals surface area (Å²) in [6.45, 7) is -1.25. The number of aryl methyl sites for hydroxylation is 1. The van der Waals surface area contributed by atoms with Gasteiger partial charge in [0.2, 0.25) is 0 Å². The van der Waals surface area contributed by atoms with Crippen molar-refractivity contribution < 1.29 is 23.6 Å².